The Hall–Kier alpha value is -1.75. The molecule has 21 heavy (non-hydrogen) atoms. The topological polar surface area (TPSA) is 66.8 Å². The van der Waals surface area contributed by atoms with Crippen LogP contribution in [-0.2, 0) is 9.59 Å². The molecule has 1 aliphatic rings. The van der Waals surface area contributed by atoms with Crippen molar-refractivity contribution in [3.8, 4) is 5.75 Å². The number of hydrogen-bond acceptors (Lipinski definition) is 3. The normalized spacial score (nSPS) is 15.3. The van der Waals surface area contributed by atoms with E-state index in [-0.39, 0.29) is 24.9 Å². The summed E-state index contributed by atoms with van der Waals surface area (Å²) in [7, 11) is 0. The van der Waals surface area contributed by atoms with Crippen molar-refractivity contribution < 1.29 is 19.4 Å². The smallest absolute Gasteiger partial charge is 0.305 e. The Bertz CT molecular complexity index is 530. The van der Waals surface area contributed by atoms with Crippen LogP contribution in [0.3, 0.4) is 0 Å². The highest BCUT2D eigenvalue weighted by Gasteiger charge is 2.35. The lowest BCUT2D eigenvalue weighted by Crippen LogP contribution is -2.42. The van der Waals surface area contributed by atoms with Crippen LogP contribution in [0.15, 0.2) is 24.3 Å². The monoisotopic (exact) mass is 311 g/mol. The maximum Gasteiger partial charge on any atom is 0.305 e. The zero-order valence-electron chi connectivity index (χ0n) is 11.8. The van der Waals surface area contributed by atoms with Crippen LogP contribution in [0.4, 0.5) is 0 Å². The average molecular weight is 312 g/mol. The van der Waals surface area contributed by atoms with Crippen LogP contribution in [0.25, 0.3) is 0 Å². The summed E-state index contributed by atoms with van der Waals surface area (Å²) in [6.45, 7) is 1.87. The molecule has 1 saturated carbocycles. The number of carbonyl (C=O) groups is 2. The van der Waals surface area contributed by atoms with Gasteiger partial charge in [0.1, 0.15) is 5.75 Å². The van der Waals surface area contributed by atoms with Crippen LogP contribution in [-0.4, -0.2) is 40.6 Å². The Kier molecular flexibility index (Phi) is 5.07. The summed E-state index contributed by atoms with van der Waals surface area (Å²) in [5.74, 6) is -0.652. The number of carboxylic acid groups (broad SMARTS) is 1. The molecule has 5 nitrogen and oxygen atoms in total. The summed E-state index contributed by atoms with van der Waals surface area (Å²) in [5, 5.41) is 9.21. The highest BCUT2D eigenvalue weighted by atomic mass is 35.5. The van der Waals surface area contributed by atoms with E-state index in [1.807, 2.05) is 0 Å². The first-order chi connectivity index (χ1) is 9.99. The van der Waals surface area contributed by atoms with Gasteiger partial charge in [-0.05, 0) is 31.9 Å². The second-order valence-corrected chi connectivity index (χ2v) is 5.50. The standard InChI is InChI=1S/C15H18ClNO4/c1-10(21-13-5-3-2-4-12(13)16)15(20)17(11-6-7-11)9-8-14(18)19/h2-5,10-11H,6-9H2,1H3,(H,18,19). The van der Waals surface area contributed by atoms with Crippen molar-refractivity contribution in [1.82, 2.24) is 4.90 Å². The predicted molar refractivity (Wildman–Crippen MR) is 78.5 cm³/mol. The average Bonchev–Trinajstić information content (AvgIpc) is 3.25. The van der Waals surface area contributed by atoms with Gasteiger partial charge in [-0.15, -0.1) is 0 Å². The first kappa shape index (κ1) is 15.6. The van der Waals surface area contributed by atoms with Gasteiger partial charge in [0, 0.05) is 12.6 Å². The minimum Gasteiger partial charge on any atom is -0.481 e. The fourth-order valence-electron chi connectivity index (χ4n) is 2.09. The molecule has 1 aromatic carbocycles. The molecule has 1 atom stereocenters. The van der Waals surface area contributed by atoms with Gasteiger partial charge in [0.25, 0.3) is 5.91 Å². The van der Waals surface area contributed by atoms with E-state index in [4.69, 9.17) is 21.4 Å². The molecule has 0 radical (unpaired) electrons. The zero-order chi connectivity index (χ0) is 15.4. The Balaban J connectivity index is 1.99. The number of halogens is 1. The molecule has 0 aromatic heterocycles. The van der Waals surface area contributed by atoms with Gasteiger partial charge in [0.2, 0.25) is 0 Å². The Morgan fingerprint density at radius 1 is 1.43 bits per heavy atom. The van der Waals surface area contributed by atoms with E-state index in [1.54, 1.807) is 36.1 Å². The van der Waals surface area contributed by atoms with E-state index >= 15 is 0 Å². The van der Waals surface area contributed by atoms with Crippen LogP contribution in [0.1, 0.15) is 26.2 Å². The van der Waals surface area contributed by atoms with Gasteiger partial charge in [0.05, 0.1) is 11.4 Å². The van der Waals surface area contributed by atoms with Crippen LogP contribution in [0.2, 0.25) is 5.02 Å². The fourth-order valence-corrected chi connectivity index (χ4v) is 2.27. The minimum atomic E-state index is -0.909. The van der Waals surface area contributed by atoms with Crippen LogP contribution >= 0.6 is 11.6 Å². The fraction of sp³-hybridized carbons (Fsp3) is 0.467. The van der Waals surface area contributed by atoms with Crippen LogP contribution < -0.4 is 4.74 Å². The van der Waals surface area contributed by atoms with Crippen molar-refractivity contribution in [1.29, 1.82) is 0 Å². The SMILES string of the molecule is CC(Oc1ccccc1Cl)C(=O)N(CCC(=O)O)C1CC1. The summed E-state index contributed by atoms with van der Waals surface area (Å²) >= 11 is 6.00. The largest absolute Gasteiger partial charge is 0.481 e. The highest BCUT2D eigenvalue weighted by molar-refractivity contribution is 6.32. The summed E-state index contributed by atoms with van der Waals surface area (Å²) < 4.78 is 5.60. The quantitative estimate of drug-likeness (QED) is 0.840. The molecule has 0 spiro atoms. The zero-order valence-corrected chi connectivity index (χ0v) is 12.5. The summed E-state index contributed by atoms with van der Waals surface area (Å²) in [6.07, 6.45) is 1.09. The van der Waals surface area contributed by atoms with E-state index in [2.05, 4.69) is 0 Å². The number of ether oxygens (including phenoxy) is 1. The van der Waals surface area contributed by atoms with Crippen LogP contribution in [0.5, 0.6) is 5.75 Å². The molecule has 1 unspecified atom stereocenters. The number of hydrogen-bond donors (Lipinski definition) is 1. The molecular formula is C15H18ClNO4. The molecule has 114 valence electrons. The molecule has 2 rings (SSSR count). The number of rotatable bonds is 7. The van der Waals surface area contributed by atoms with Crippen molar-refractivity contribution in [2.45, 2.75) is 38.3 Å². The van der Waals surface area contributed by atoms with E-state index in [1.165, 1.54) is 0 Å². The van der Waals surface area contributed by atoms with Crippen LogP contribution in [0, 0.1) is 0 Å². The molecule has 0 bridgehead atoms. The first-order valence-electron chi connectivity index (χ1n) is 6.92. The van der Waals surface area contributed by atoms with Crippen molar-refractivity contribution in [3.05, 3.63) is 29.3 Å². The van der Waals surface area contributed by atoms with Crippen molar-refractivity contribution >= 4 is 23.5 Å². The number of carbonyl (C=O) groups excluding carboxylic acids is 1. The van der Waals surface area contributed by atoms with Gasteiger partial charge < -0.3 is 14.7 Å². The number of carboxylic acids is 1. The van der Waals surface area contributed by atoms with Gasteiger partial charge in [-0.3, -0.25) is 9.59 Å². The molecular weight excluding hydrogens is 294 g/mol. The van der Waals surface area contributed by atoms with Gasteiger partial charge in [-0.2, -0.15) is 0 Å². The maximum absolute atomic E-state index is 12.4. The lowest BCUT2D eigenvalue weighted by atomic mass is 10.2. The van der Waals surface area contributed by atoms with E-state index < -0.39 is 12.1 Å². The highest BCUT2D eigenvalue weighted by Crippen LogP contribution is 2.29. The van der Waals surface area contributed by atoms with Crippen molar-refractivity contribution in [2.75, 3.05) is 6.54 Å². The number of para-hydroxylation sites is 1. The van der Waals surface area contributed by atoms with E-state index in [9.17, 15) is 9.59 Å². The Labute approximate surface area is 128 Å². The first-order valence-corrected chi connectivity index (χ1v) is 7.30. The van der Waals surface area contributed by atoms with Gasteiger partial charge in [-0.25, -0.2) is 0 Å². The third-order valence-electron chi connectivity index (χ3n) is 3.33. The van der Waals surface area contributed by atoms with Crippen molar-refractivity contribution in [2.24, 2.45) is 0 Å². The maximum atomic E-state index is 12.4. The summed E-state index contributed by atoms with van der Waals surface area (Å²) in [4.78, 5) is 24.7. The lowest BCUT2D eigenvalue weighted by Gasteiger charge is -2.25. The molecule has 0 heterocycles. The lowest BCUT2D eigenvalue weighted by molar-refractivity contribution is -0.141. The summed E-state index contributed by atoms with van der Waals surface area (Å²) in [5.41, 5.74) is 0. The van der Waals surface area contributed by atoms with Gasteiger partial charge in [0.15, 0.2) is 6.10 Å². The Morgan fingerprint density at radius 3 is 2.67 bits per heavy atom. The number of benzene rings is 1. The van der Waals surface area contributed by atoms with Gasteiger partial charge in [-0.1, -0.05) is 23.7 Å². The third kappa shape index (κ3) is 4.36. The molecule has 0 aliphatic heterocycles. The second-order valence-electron chi connectivity index (χ2n) is 5.10. The Morgan fingerprint density at radius 2 is 2.10 bits per heavy atom. The molecule has 1 N–H and O–H groups in total. The molecule has 0 saturated heterocycles. The molecule has 6 heteroatoms. The number of nitrogens with zero attached hydrogens (tertiary/aromatic N) is 1. The molecule has 1 amide bonds. The van der Waals surface area contributed by atoms with E-state index in [0.717, 1.165) is 12.8 Å². The number of amides is 1. The third-order valence-corrected chi connectivity index (χ3v) is 3.64. The van der Waals surface area contributed by atoms with E-state index in [0.29, 0.717) is 10.8 Å². The number of aliphatic carboxylic acids is 1. The van der Waals surface area contributed by atoms with Crippen molar-refractivity contribution in [3.63, 3.8) is 0 Å². The molecule has 1 fully saturated rings. The predicted octanol–water partition coefficient (Wildman–Crippen LogP) is 2.57. The second kappa shape index (κ2) is 6.80. The molecule has 1 aliphatic carbocycles. The van der Waals surface area contributed by atoms with Gasteiger partial charge >= 0.3 is 5.97 Å². The molecule has 1 aromatic rings. The minimum absolute atomic E-state index is 0.0545. The summed E-state index contributed by atoms with van der Waals surface area (Å²) in [6, 6.07) is 7.10.